The van der Waals surface area contributed by atoms with Crippen LogP contribution in [0, 0.1) is 11.6 Å². The average Bonchev–Trinajstić information content (AvgIpc) is 2.32. The molecule has 1 unspecified atom stereocenters. The van der Waals surface area contributed by atoms with Crippen LogP contribution in [0.1, 0.15) is 17.2 Å². The molecule has 2 aromatic carbocycles. The molecule has 100 valence electrons. The minimum atomic E-state index is -0.843. The van der Waals surface area contributed by atoms with Crippen LogP contribution in [-0.4, -0.2) is 5.11 Å². The Morgan fingerprint density at radius 1 is 1.05 bits per heavy atom. The molecule has 0 aliphatic rings. The Hall–Kier alpha value is -0.780. The minimum Gasteiger partial charge on any atom is -0.388 e. The highest BCUT2D eigenvalue weighted by atomic mass is 79.9. The first-order chi connectivity index (χ1) is 8.95. The van der Waals surface area contributed by atoms with Crippen LogP contribution in [0.25, 0.3) is 0 Å². The van der Waals surface area contributed by atoms with Gasteiger partial charge in [-0.05, 0) is 57.4 Å². The summed E-state index contributed by atoms with van der Waals surface area (Å²) >= 11 is 6.27. The molecular formula is C14H10Br2F2O. The minimum absolute atomic E-state index is 0.286. The molecule has 2 rings (SSSR count). The maximum absolute atomic E-state index is 13.2. The molecule has 0 amide bonds. The summed E-state index contributed by atoms with van der Waals surface area (Å²) in [4.78, 5) is 0. The maximum atomic E-state index is 13.2. The van der Waals surface area contributed by atoms with Gasteiger partial charge in [0.05, 0.1) is 10.6 Å². The highest BCUT2D eigenvalue weighted by molar-refractivity contribution is 9.10. The molecular weight excluding hydrogens is 382 g/mol. The normalized spacial score (nSPS) is 12.5. The number of hydrogen-bond donors (Lipinski definition) is 1. The van der Waals surface area contributed by atoms with Crippen molar-refractivity contribution in [3.05, 3.63) is 68.1 Å². The molecule has 5 heteroatoms. The Balaban J connectivity index is 2.20. The first kappa shape index (κ1) is 14.6. The third-order valence-corrected chi connectivity index (χ3v) is 3.75. The smallest absolute Gasteiger partial charge is 0.137 e. The van der Waals surface area contributed by atoms with E-state index in [-0.39, 0.29) is 12.2 Å². The van der Waals surface area contributed by atoms with Gasteiger partial charge in [-0.2, -0.15) is 0 Å². The standard InChI is InChI=1S/C14H10Br2F2O/c15-10-5-9(6-11(17)7-10)14(19)4-8-1-2-13(18)12(16)3-8/h1-3,5-7,14,19H,4H2. The van der Waals surface area contributed by atoms with Crippen molar-refractivity contribution in [1.82, 2.24) is 0 Å². The van der Waals surface area contributed by atoms with Crippen LogP contribution in [0.15, 0.2) is 45.3 Å². The van der Waals surface area contributed by atoms with Gasteiger partial charge in [0.25, 0.3) is 0 Å². The number of hydrogen-bond acceptors (Lipinski definition) is 1. The Morgan fingerprint density at radius 2 is 1.79 bits per heavy atom. The van der Waals surface area contributed by atoms with Crippen molar-refractivity contribution in [2.75, 3.05) is 0 Å². The van der Waals surface area contributed by atoms with Crippen LogP contribution >= 0.6 is 31.9 Å². The van der Waals surface area contributed by atoms with E-state index in [0.717, 1.165) is 5.56 Å². The maximum Gasteiger partial charge on any atom is 0.137 e. The third kappa shape index (κ3) is 3.84. The number of aliphatic hydroxyl groups excluding tert-OH is 1. The van der Waals surface area contributed by atoms with Crippen molar-refractivity contribution in [2.45, 2.75) is 12.5 Å². The summed E-state index contributed by atoms with van der Waals surface area (Å²) in [6, 6.07) is 8.79. The van der Waals surface area contributed by atoms with Gasteiger partial charge in [-0.1, -0.05) is 22.0 Å². The van der Waals surface area contributed by atoms with E-state index in [1.807, 2.05) is 0 Å². The molecule has 1 N–H and O–H groups in total. The second-order valence-electron chi connectivity index (χ2n) is 4.17. The van der Waals surface area contributed by atoms with E-state index in [1.165, 1.54) is 18.2 Å². The van der Waals surface area contributed by atoms with Crippen LogP contribution < -0.4 is 0 Å². The SMILES string of the molecule is OC(Cc1ccc(F)c(Br)c1)c1cc(F)cc(Br)c1. The zero-order chi connectivity index (χ0) is 14.0. The van der Waals surface area contributed by atoms with Crippen LogP contribution in [0.2, 0.25) is 0 Å². The number of rotatable bonds is 3. The quantitative estimate of drug-likeness (QED) is 0.799. The zero-order valence-electron chi connectivity index (χ0n) is 9.71. The molecule has 0 spiro atoms. The van der Waals surface area contributed by atoms with E-state index in [1.54, 1.807) is 18.2 Å². The van der Waals surface area contributed by atoms with Crippen molar-refractivity contribution < 1.29 is 13.9 Å². The largest absolute Gasteiger partial charge is 0.388 e. The van der Waals surface area contributed by atoms with E-state index < -0.39 is 11.9 Å². The molecule has 1 atom stereocenters. The van der Waals surface area contributed by atoms with E-state index >= 15 is 0 Å². The van der Waals surface area contributed by atoms with Gasteiger partial charge in [-0.3, -0.25) is 0 Å². The predicted octanol–water partition coefficient (Wildman–Crippen LogP) is 4.77. The highest BCUT2D eigenvalue weighted by Gasteiger charge is 2.12. The fraction of sp³-hybridized carbons (Fsp3) is 0.143. The topological polar surface area (TPSA) is 20.2 Å². The third-order valence-electron chi connectivity index (χ3n) is 2.68. The highest BCUT2D eigenvalue weighted by Crippen LogP contribution is 2.25. The summed E-state index contributed by atoms with van der Waals surface area (Å²) in [5, 5.41) is 10.1. The molecule has 0 aliphatic carbocycles. The summed E-state index contributed by atoms with van der Waals surface area (Å²) in [6.07, 6.45) is -0.557. The van der Waals surface area contributed by atoms with Gasteiger partial charge in [0.2, 0.25) is 0 Å². The number of aliphatic hydroxyl groups is 1. The van der Waals surface area contributed by atoms with Crippen molar-refractivity contribution in [3.8, 4) is 0 Å². The van der Waals surface area contributed by atoms with Crippen molar-refractivity contribution >= 4 is 31.9 Å². The van der Waals surface area contributed by atoms with Gasteiger partial charge in [0.1, 0.15) is 11.6 Å². The average molecular weight is 392 g/mol. The van der Waals surface area contributed by atoms with E-state index in [0.29, 0.717) is 14.5 Å². The summed E-state index contributed by atoms with van der Waals surface area (Å²) in [5.41, 5.74) is 1.24. The lowest BCUT2D eigenvalue weighted by Gasteiger charge is -2.12. The molecule has 0 aliphatic heterocycles. The van der Waals surface area contributed by atoms with E-state index in [4.69, 9.17) is 0 Å². The summed E-state index contributed by atoms with van der Waals surface area (Å²) in [7, 11) is 0. The van der Waals surface area contributed by atoms with Crippen molar-refractivity contribution in [3.63, 3.8) is 0 Å². The number of halogens is 4. The Morgan fingerprint density at radius 3 is 2.42 bits per heavy atom. The lowest BCUT2D eigenvalue weighted by molar-refractivity contribution is 0.178. The molecule has 0 saturated heterocycles. The van der Waals surface area contributed by atoms with Crippen molar-refractivity contribution in [2.24, 2.45) is 0 Å². The van der Waals surface area contributed by atoms with E-state index in [2.05, 4.69) is 31.9 Å². The van der Waals surface area contributed by atoms with Crippen LogP contribution in [0.4, 0.5) is 8.78 Å². The predicted molar refractivity (Wildman–Crippen MR) is 76.9 cm³/mol. The zero-order valence-corrected chi connectivity index (χ0v) is 12.9. The lowest BCUT2D eigenvalue weighted by Crippen LogP contribution is -2.02. The van der Waals surface area contributed by atoms with Gasteiger partial charge in [-0.25, -0.2) is 8.78 Å². The fourth-order valence-corrected chi connectivity index (χ4v) is 2.68. The molecule has 2 aromatic rings. The molecule has 19 heavy (non-hydrogen) atoms. The first-order valence-electron chi connectivity index (χ1n) is 5.53. The van der Waals surface area contributed by atoms with Crippen LogP contribution in [-0.2, 0) is 6.42 Å². The molecule has 0 radical (unpaired) electrons. The van der Waals surface area contributed by atoms with Gasteiger partial charge < -0.3 is 5.11 Å². The first-order valence-corrected chi connectivity index (χ1v) is 7.12. The van der Waals surface area contributed by atoms with Crippen LogP contribution in [0.3, 0.4) is 0 Å². The molecule has 0 aromatic heterocycles. The van der Waals surface area contributed by atoms with Gasteiger partial charge in [0, 0.05) is 10.9 Å². The molecule has 0 saturated carbocycles. The Bertz CT molecular complexity index is 582. The van der Waals surface area contributed by atoms with Gasteiger partial charge in [-0.15, -0.1) is 0 Å². The molecule has 0 bridgehead atoms. The second-order valence-corrected chi connectivity index (χ2v) is 5.94. The van der Waals surface area contributed by atoms with Gasteiger partial charge in [0.15, 0.2) is 0 Å². The van der Waals surface area contributed by atoms with Gasteiger partial charge >= 0.3 is 0 Å². The van der Waals surface area contributed by atoms with Crippen molar-refractivity contribution in [1.29, 1.82) is 0 Å². The Kier molecular flexibility index (Phi) is 4.71. The fourth-order valence-electron chi connectivity index (χ4n) is 1.78. The molecule has 1 nitrogen and oxygen atoms in total. The monoisotopic (exact) mass is 390 g/mol. The summed E-state index contributed by atoms with van der Waals surface area (Å²) < 4.78 is 27.3. The number of benzene rings is 2. The summed E-state index contributed by atoms with van der Waals surface area (Å²) in [6.45, 7) is 0. The molecule has 0 fully saturated rings. The lowest BCUT2D eigenvalue weighted by atomic mass is 10.0. The Labute approximate surface area is 126 Å². The van der Waals surface area contributed by atoms with Crippen LogP contribution in [0.5, 0.6) is 0 Å². The second kappa shape index (κ2) is 6.11. The van der Waals surface area contributed by atoms with E-state index in [9.17, 15) is 13.9 Å². The molecule has 0 heterocycles. The summed E-state index contributed by atoms with van der Waals surface area (Å²) in [5.74, 6) is -0.768.